The van der Waals surface area contributed by atoms with Crippen LogP contribution in [-0.2, 0) is 32.4 Å². The Morgan fingerprint density at radius 3 is 2.00 bits per heavy atom. The number of benzene rings is 2. The Morgan fingerprint density at radius 1 is 1.00 bits per heavy atom. The van der Waals surface area contributed by atoms with E-state index in [1.54, 1.807) is 0 Å². The SMILES string of the molecule is CCc1cccc(CC)c1NC(=O)CN(c1ccc(C(=O)OC)cc1)S(C)(=O)=O. The third-order valence-electron chi connectivity index (χ3n) is 4.53. The standard InChI is InChI=1S/C21H26N2O5S/c1-5-15-8-7-9-16(6-2)20(15)22-19(24)14-23(29(4,26)27)18-12-10-17(11-13-18)21(25)28-3/h7-13H,5-6,14H2,1-4H3,(H,22,24). The van der Waals surface area contributed by atoms with Crippen LogP contribution in [-0.4, -0.2) is 40.2 Å². The quantitative estimate of drug-likeness (QED) is 0.665. The summed E-state index contributed by atoms with van der Waals surface area (Å²) in [5.41, 5.74) is 3.29. The lowest BCUT2D eigenvalue weighted by molar-refractivity contribution is -0.114. The summed E-state index contributed by atoms with van der Waals surface area (Å²) in [6.07, 6.45) is 2.52. The molecule has 0 saturated carbocycles. The van der Waals surface area contributed by atoms with Crippen molar-refractivity contribution in [3.05, 3.63) is 59.2 Å². The van der Waals surface area contributed by atoms with Gasteiger partial charge in [-0.1, -0.05) is 32.0 Å². The second kappa shape index (κ2) is 9.56. The van der Waals surface area contributed by atoms with E-state index in [2.05, 4.69) is 10.1 Å². The molecule has 2 rings (SSSR count). The molecule has 2 aromatic carbocycles. The Kier molecular flexibility index (Phi) is 7.39. The van der Waals surface area contributed by atoms with Gasteiger partial charge < -0.3 is 10.1 Å². The molecule has 0 bridgehead atoms. The number of nitrogens with one attached hydrogen (secondary N) is 1. The summed E-state index contributed by atoms with van der Waals surface area (Å²) in [5.74, 6) is -0.966. The van der Waals surface area contributed by atoms with Gasteiger partial charge in [-0.2, -0.15) is 0 Å². The predicted molar refractivity (Wildman–Crippen MR) is 114 cm³/mol. The van der Waals surface area contributed by atoms with Crippen molar-refractivity contribution in [3.8, 4) is 0 Å². The van der Waals surface area contributed by atoms with E-state index < -0.39 is 21.9 Å². The Balaban J connectivity index is 2.28. The van der Waals surface area contributed by atoms with Gasteiger partial charge in [-0.3, -0.25) is 9.10 Å². The Hall–Kier alpha value is -2.87. The molecule has 0 unspecified atom stereocenters. The van der Waals surface area contributed by atoms with Crippen molar-refractivity contribution in [2.24, 2.45) is 0 Å². The number of rotatable bonds is 8. The molecule has 7 nitrogen and oxygen atoms in total. The zero-order chi connectivity index (χ0) is 21.6. The van der Waals surface area contributed by atoms with Gasteiger partial charge in [-0.05, 0) is 48.2 Å². The van der Waals surface area contributed by atoms with Crippen molar-refractivity contribution < 1.29 is 22.7 Å². The monoisotopic (exact) mass is 418 g/mol. The van der Waals surface area contributed by atoms with Gasteiger partial charge >= 0.3 is 5.97 Å². The highest BCUT2D eigenvalue weighted by atomic mass is 32.2. The van der Waals surface area contributed by atoms with E-state index >= 15 is 0 Å². The molecule has 0 heterocycles. The molecule has 1 N–H and O–H groups in total. The van der Waals surface area contributed by atoms with Gasteiger partial charge in [-0.15, -0.1) is 0 Å². The minimum atomic E-state index is -3.72. The van der Waals surface area contributed by atoms with Crippen molar-refractivity contribution in [2.75, 3.05) is 29.5 Å². The molecule has 29 heavy (non-hydrogen) atoms. The van der Waals surface area contributed by atoms with E-state index in [-0.39, 0.29) is 12.2 Å². The number of para-hydroxylation sites is 1. The van der Waals surface area contributed by atoms with Gasteiger partial charge in [0.2, 0.25) is 15.9 Å². The molecular formula is C21H26N2O5S. The lowest BCUT2D eigenvalue weighted by Crippen LogP contribution is -2.37. The van der Waals surface area contributed by atoms with Gasteiger partial charge in [0, 0.05) is 5.69 Å². The maximum absolute atomic E-state index is 12.7. The maximum Gasteiger partial charge on any atom is 0.337 e. The summed E-state index contributed by atoms with van der Waals surface area (Å²) >= 11 is 0. The highest BCUT2D eigenvalue weighted by Crippen LogP contribution is 2.23. The number of nitrogens with zero attached hydrogens (tertiary/aromatic N) is 1. The van der Waals surface area contributed by atoms with Crippen molar-refractivity contribution in [1.29, 1.82) is 0 Å². The molecule has 0 aliphatic heterocycles. The van der Waals surface area contributed by atoms with Crippen LogP contribution in [0.2, 0.25) is 0 Å². The van der Waals surface area contributed by atoms with Crippen LogP contribution in [0.25, 0.3) is 0 Å². The largest absolute Gasteiger partial charge is 0.465 e. The molecule has 0 fully saturated rings. The molecule has 8 heteroatoms. The summed E-state index contributed by atoms with van der Waals surface area (Å²) in [4.78, 5) is 24.3. The van der Waals surface area contributed by atoms with Gasteiger partial charge in [-0.25, -0.2) is 13.2 Å². The van der Waals surface area contributed by atoms with Gasteiger partial charge in [0.05, 0.1) is 24.6 Å². The third-order valence-corrected chi connectivity index (χ3v) is 5.67. The smallest absolute Gasteiger partial charge is 0.337 e. The highest BCUT2D eigenvalue weighted by Gasteiger charge is 2.22. The average Bonchev–Trinajstić information content (AvgIpc) is 2.70. The zero-order valence-electron chi connectivity index (χ0n) is 17.1. The van der Waals surface area contributed by atoms with Crippen LogP contribution in [0.3, 0.4) is 0 Å². The topological polar surface area (TPSA) is 92.8 Å². The van der Waals surface area contributed by atoms with E-state index in [0.29, 0.717) is 5.56 Å². The number of sulfonamides is 1. The minimum Gasteiger partial charge on any atom is -0.465 e. The number of ether oxygens (including phenoxy) is 1. The predicted octanol–water partition coefficient (Wildman–Crippen LogP) is 3.00. The first kappa shape index (κ1) is 22.4. The van der Waals surface area contributed by atoms with Crippen molar-refractivity contribution in [2.45, 2.75) is 26.7 Å². The van der Waals surface area contributed by atoms with Gasteiger partial charge in [0.25, 0.3) is 0 Å². The number of carbonyl (C=O) groups is 2. The summed E-state index contributed by atoms with van der Waals surface area (Å²) in [5, 5.41) is 2.87. The van der Waals surface area contributed by atoms with Gasteiger partial charge in [0.1, 0.15) is 6.54 Å². The van der Waals surface area contributed by atoms with E-state index in [4.69, 9.17) is 0 Å². The number of hydrogen-bond donors (Lipinski definition) is 1. The fraction of sp³-hybridized carbons (Fsp3) is 0.333. The number of aryl methyl sites for hydroxylation is 2. The summed E-state index contributed by atoms with van der Waals surface area (Å²) in [6, 6.07) is 11.7. The summed E-state index contributed by atoms with van der Waals surface area (Å²) in [7, 11) is -2.45. The average molecular weight is 419 g/mol. The number of hydrogen-bond acceptors (Lipinski definition) is 5. The third kappa shape index (κ3) is 5.57. The fourth-order valence-electron chi connectivity index (χ4n) is 2.99. The lowest BCUT2D eigenvalue weighted by Gasteiger charge is -2.23. The summed E-state index contributed by atoms with van der Waals surface area (Å²) in [6.45, 7) is 3.61. The second-order valence-electron chi connectivity index (χ2n) is 6.51. The first-order valence-electron chi connectivity index (χ1n) is 9.27. The van der Waals surface area contributed by atoms with Crippen LogP contribution in [0.5, 0.6) is 0 Å². The second-order valence-corrected chi connectivity index (χ2v) is 8.42. The van der Waals surface area contributed by atoms with E-state index in [1.807, 2.05) is 32.0 Å². The Morgan fingerprint density at radius 2 is 1.55 bits per heavy atom. The maximum atomic E-state index is 12.7. The molecule has 2 aromatic rings. The molecule has 0 aliphatic carbocycles. The number of anilines is 2. The molecule has 0 aromatic heterocycles. The van der Waals surface area contributed by atoms with Crippen LogP contribution < -0.4 is 9.62 Å². The molecule has 156 valence electrons. The van der Waals surface area contributed by atoms with Crippen molar-refractivity contribution in [3.63, 3.8) is 0 Å². The molecule has 0 radical (unpaired) electrons. The Bertz CT molecular complexity index is 962. The summed E-state index contributed by atoms with van der Waals surface area (Å²) < 4.78 is 30.2. The first-order chi connectivity index (χ1) is 13.7. The van der Waals surface area contributed by atoms with Crippen LogP contribution in [0, 0.1) is 0 Å². The van der Waals surface area contributed by atoms with Crippen molar-refractivity contribution >= 4 is 33.3 Å². The molecular weight excluding hydrogens is 392 g/mol. The van der Waals surface area contributed by atoms with Crippen molar-refractivity contribution in [1.82, 2.24) is 0 Å². The van der Waals surface area contributed by atoms with Gasteiger partial charge in [0.15, 0.2) is 0 Å². The number of amides is 1. The Labute approximate surface area is 171 Å². The highest BCUT2D eigenvalue weighted by molar-refractivity contribution is 7.92. The molecule has 0 saturated heterocycles. The number of carbonyl (C=O) groups excluding carboxylic acids is 2. The zero-order valence-corrected chi connectivity index (χ0v) is 17.9. The van der Waals surface area contributed by atoms with E-state index in [1.165, 1.54) is 31.4 Å². The fourth-order valence-corrected chi connectivity index (χ4v) is 3.85. The normalized spacial score (nSPS) is 11.0. The first-order valence-corrected chi connectivity index (χ1v) is 11.1. The molecule has 0 spiro atoms. The number of methoxy groups -OCH3 is 1. The number of esters is 1. The molecule has 0 aliphatic rings. The lowest BCUT2D eigenvalue weighted by atomic mass is 10.0. The van der Waals surface area contributed by atoms with Crippen LogP contribution in [0.4, 0.5) is 11.4 Å². The van der Waals surface area contributed by atoms with E-state index in [9.17, 15) is 18.0 Å². The van der Waals surface area contributed by atoms with E-state index in [0.717, 1.165) is 40.2 Å². The molecule has 1 amide bonds. The van der Waals surface area contributed by atoms with Crippen LogP contribution in [0.1, 0.15) is 35.3 Å². The van der Waals surface area contributed by atoms with Crippen LogP contribution in [0.15, 0.2) is 42.5 Å². The molecule has 0 atom stereocenters. The minimum absolute atomic E-state index is 0.287. The van der Waals surface area contributed by atoms with Crippen LogP contribution >= 0.6 is 0 Å².